The molecule has 0 spiro atoms. The van der Waals surface area contributed by atoms with Crippen LogP contribution in [0.4, 0.5) is 0 Å². The number of esters is 3. The third-order valence-electron chi connectivity index (χ3n) is 5.98. The molecule has 0 saturated carbocycles. The molecule has 0 amide bonds. The van der Waals surface area contributed by atoms with E-state index >= 15 is 0 Å². The largest absolute Gasteiger partial charge is 0.464 e. The second kappa shape index (κ2) is 15.5. The molecule has 1 atom stereocenters. The summed E-state index contributed by atoms with van der Waals surface area (Å²) in [6.07, 6.45) is 0.514. The van der Waals surface area contributed by atoms with Gasteiger partial charge in [0.25, 0.3) is 5.60 Å². The molecule has 0 bridgehead atoms. The Balaban J connectivity index is 1.97. The summed E-state index contributed by atoms with van der Waals surface area (Å²) in [5.41, 5.74) is -1.20. The summed E-state index contributed by atoms with van der Waals surface area (Å²) in [5, 5.41) is 11.0. The fourth-order valence-corrected chi connectivity index (χ4v) is 5.29. The Hall–Kier alpha value is -3.28. The lowest BCUT2D eigenvalue weighted by atomic mass is 9.96. The van der Waals surface area contributed by atoms with Crippen LogP contribution in [-0.4, -0.2) is 69.6 Å². The predicted molar refractivity (Wildman–Crippen MR) is 145 cm³/mol. The summed E-state index contributed by atoms with van der Waals surface area (Å²) < 4.78 is 45.8. The molecule has 0 heterocycles. The molecular weight excluding hydrogens is 540 g/mol. The van der Waals surface area contributed by atoms with Gasteiger partial charge in [-0.3, -0.25) is 0 Å². The van der Waals surface area contributed by atoms with Crippen LogP contribution in [0.3, 0.4) is 0 Å². The van der Waals surface area contributed by atoms with Crippen LogP contribution in [0.25, 0.3) is 0 Å². The van der Waals surface area contributed by atoms with Gasteiger partial charge in [-0.15, -0.1) is 0 Å². The minimum atomic E-state index is -3.60. The summed E-state index contributed by atoms with van der Waals surface area (Å²) >= 11 is 0. The van der Waals surface area contributed by atoms with Gasteiger partial charge in [-0.05, 0) is 82.3 Å². The van der Waals surface area contributed by atoms with Crippen LogP contribution >= 0.6 is 0 Å². The quantitative estimate of drug-likeness (QED) is 0.136. The van der Waals surface area contributed by atoms with E-state index in [0.717, 1.165) is 17.5 Å². The molecule has 2 rings (SSSR count). The van der Waals surface area contributed by atoms with E-state index in [2.05, 4.69) is 0 Å². The van der Waals surface area contributed by atoms with Crippen molar-refractivity contribution in [3.05, 3.63) is 59.7 Å². The Morgan fingerprint density at radius 1 is 0.825 bits per heavy atom. The van der Waals surface area contributed by atoms with Crippen molar-refractivity contribution in [3.8, 4) is 0 Å². The average molecular weight is 579 g/mol. The van der Waals surface area contributed by atoms with E-state index in [1.165, 1.54) is 20.8 Å². The smallest absolute Gasteiger partial charge is 0.353 e. The highest BCUT2D eigenvalue weighted by Crippen LogP contribution is 2.23. The zero-order chi connectivity index (χ0) is 29.8. The topological polar surface area (TPSA) is 142 Å². The van der Waals surface area contributed by atoms with Crippen LogP contribution in [0.2, 0.25) is 0 Å². The fraction of sp³-hybridized carbons (Fsp3) is 0.483. The van der Waals surface area contributed by atoms with E-state index < -0.39 is 39.5 Å². The molecule has 0 radical (unpaired) electrons. The number of rotatable bonds is 16. The van der Waals surface area contributed by atoms with Crippen LogP contribution < -0.4 is 0 Å². The number of hydrogen-bond donors (Lipinski definition) is 1. The highest BCUT2D eigenvalue weighted by Gasteiger charge is 2.58. The van der Waals surface area contributed by atoms with Crippen LogP contribution in [0.5, 0.6) is 0 Å². The van der Waals surface area contributed by atoms with Gasteiger partial charge in [-0.1, -0.05) is 30.7 Å². The summed E-state index contributed by atoms with van der Waals surface area (Å²) in [6, 6.07) is 13.5. The van der Waals surface area contributed by atoms with E-state index in [-0.39, 0.29) is 36.2 Å². The molecule has 0 saturated heterocycles. The second-order valence-corrected chi connectivity index (χ2v) is 10.9. The van der Waals surface area contributed by atoms with Crippen molar-refractivity contribution in [3.63, 3.8) is 0 Å². The molecule has 40 heavy (non-hydrogen) atoms. The molecule has 1 N–H and O–H groups in total. The maximum absolute atomic E-state index is 12.9. The van der Waals surface area contributed by atoms with E-state index in [1.54, 1.807) is 42.5 Å². The third kappa shape index (κ3) is 8.36. The first-order valence-electron chi connectivity index (χ1n) is 13.3. The van der Waals surface area contributed by atoms with Crippen LogP contribution in [-0.2, 0) is 49.6 Å². The highest BCUT2D eigenvalue weighted by atomic mass is 32.2. The summed E-state index contributed by atoms with van der Waals surface area (Å²) in [6.45, 7) is 5.94. The van der Waals surface area contributed by atoms with Crippen molar-refractivity contribution in [2.75, 3.05) is 26.4 Å². The van der Waals surface area contributed by atoms with Gasteiger partial charge in [0.2, 0.25) is 15.9 Å². The minimum Gasteiger partial charge on any atom is -0.464 e. The van der Waals surface area contributed by atoms with E-state index in [1.807, 2.05) is 13.0 Å². The number of hydrogen-bond acceptors (Lipinski definition) is 10. The number of aliphatic hydroxyl groups is 1. The minimum absolute atomic E-state index is 0.0573. The van der Waals surface area contributed by atoms with E-state index in [9.17, 15) is 27.9 Å². The monoisotopic (exact) mass is 578 g/mol. The van der Waals surface area contributed by atoms with Gasteiger partial charge in [-0.25, -0.2) is 22.8 Å². The van der Waals surface area contributed by atoms with E-state index in [4.69, 9.17) is 18.9 Å². The molecule has 220 valence electrons. The first-order valence-corrected chi connectivity index (χ1v) is 14.8. The Morgan fingerprint density at radius 2 is 1.43 bits per heavy atom. The Bertz CT molecular complexity index is 1220. The number of carbonyl (C=O) groups is 3. The van der Waals surface area contributed by atoms with Crippen molar-refractivity contribution < 1.29 is 46.9 Å². The summed E-state index contributed by atoms with van der Waals surface area (Å²) in [5.74, 6) is -3.81. The van der Waals surface area contributed by atoms with Gasteiger partial charge in [0.05, 0.1) is 29.6 Å². The van der Waals surface area contributed by atoms with Crippen molar-refractivity contribution >= 4 is 27.7 Å². The molecule has 0 aliphatic rings. The van der Waals surface area contributed by atoms with Gasteiger partial charge in [0.1, 0.15) is 0 Å². The number of carbonyl (C=O) groups excluding carboxylic acids is 3. The molecule has 0 aliphatic carbocycles. The maximum atomic E-state index is 12.9. The third-order valence-corrected chi connectivity index (χ3v) is 7.75. The lowest BCUT2D eigenvalue weighted by Gasteiger charge is -2.30. The Kier molecular flexibility index (Phi) is 12.8. The van der Waals surface area contributed by atoms with Crippen molar-refractivity contribution in [2.24, 2.45) is 0 Å². The van der Waals surface area contributed by atoms with Gasteiger partial charge in [-0.2, -0.15) is 0 Å². The normalized spacial score (nSPS) is 12.4. The van der Waals surface area contributed by atoms with Crippen molar-refractivity contribution in [2.45, 2.75) is 74.9 Å². The number of sulfone groups is 1. The first-order chi connectivity index (χ1) is 19.0. The lowest BCUT2D eigenvalue weighted by Crippen LogP contribution is -2.61. The lowest BCUT2D eigenvalue weighted by molar-refractivity contribution is -0.208. The van der Waals surface area contributed by atoms with Crippen LogP contribution in [0, 0.1) is 6.92 Å². The SMILES string of the molecule is CCOC(=O)C(OCCCCCc1ccc(S(=O)(=O)c2cccc(C)c2)cc1)C(O)(C(=O)OCC)C(=O)OCC. The molecule has 2 aromatic carbocycles. The van der Waals surface area contributed by atoms with Gasteiger partial charge in [0, 0.05) is 6.61 Å². The molecular formula is C29H38O10S. The summed E-state index contributed by atoms with van der Waals surface area (Å²) in [4.78, 5) is 38.0. The molecule has 2 aromatic rings. The molecule has 11 heteroatoms. The number of aryl methyl sites for hydroxylation is 2. The number of benzene rings is 2. The number of ether oxygens (including phenoxy) is 4. The van der Waals surface area contributed by atoms with Gasteiger partial charge in [0.15, 0.2) is 0 Å². The molecule has 0 aliphatic heterocycles. The average Bonchev–Trinajstić information content (AvgIpc) is 2.92. The van der Waals surface area contributed by atoms with Gasteiger partial charge < -0.3 is 24.1 Å². The van der Waals surface area contributed by atoms with Crippen LogP contribution in [0.1, 0.15) is 51.2 Å². The Morgan fingerprint density at radius 3 is 1.98 bits per heavy atom. The van der Waals surface area contributed by atoms with Crippen molar-refractivity contribution in [1.29, 1.82) is 0 Å². The van der Waals surface area contributed by atoms with E-state index in [0.29, 0.717) is 19.3 Å². The molecule has 0 aromatic heterocycles. The van der Waals surface area contributed by atoms with Crippen LogP contribution in [0.15, 0.2) is 58.3 Å². The Labute approximate surface area is 235 Å². The fourth-order valence-electron chi connectivity index (χ4n) is 3.92. The predicted octanol–water partition coefficient (Wildman–Crippen LogP) is 3.35. The molecule has 1 unspecified atom stereocenters. The number of unbranched alkanes of at least 4 members (excludes halogenated alkanes) is 2. The zero-order valence-corrected chi connectivity index (χ0v) is 24.2. The standard InChI is InChI=1S/C29H38O10S/c1-5-36-26(30)25(29(33,27(31)37-6-2)28(32)38-7-3)39-19-10-8-9-13-22-15-17-23(18-16-22)40(34,35)24-14-11-12-21(4)20-24/h11-12,14-18,20,25,33H,5-10,13,19H2,1-4H3. The molecule has 10 nitrogen and oxygen atoms in total. The molecule has 0 fully saturated rings. The summed E-state index contributed by atoms with van der Waals surface area (Å²) in [7, 11) is -3.60. The highest BCUT2D eigenvalue weighted by molar-refractivity contribution is 7.91. The van der Waals surface area contributed by atoms with Crippen molar-refractivity contribution in [1.82, 2.24) is 0 Å². The second-order valence-electron chi connectivity index (χ2n) is 8.98. The zero-order valence-electron chi connectivity index (χ0n) is 23.4. The van der Waals surface area contributed by atoms with Gasteiger partial charge >= 0.3 is 17.9 Å². The first kappa shape index (κ1) is 32.9. The maximum Gasteiger partial charge on any atom is 0.353 e.